The van der Waals surface area contributed by atoms with E-state index >= 15 is 0 Å². The Morgan fingerprint density at radius 3 is 3.00 bits per heavy atom. The van der Waals surface area contributed by atoms with Gasteiger partial charge in [0.2, 0.25) is 12.7 Å². The number of benzene rings is 1. The number of fused-ring (bicyclic) bond motifs is 1. The minimum atomic E-state index is -0.496. The Balaban J connectivity index is 1.73. The molecule has 1 aliphatic rings. The van der Waals surface area contributed by atoms with Gasteiger partial charge in [0.1, 0.15) is 0 Å². The van der Waals surface area contributed by atoms with Gasteiger partial charge in [0.25, 0.3) is 0 Å². The molecule has 0 spiro atoms. The highest BCUT2D eigenvalue weighted by atomic mass is 19.1. The number of hydrogen-bond donors (Lipinski definition) is 2. The summed E-state index contributed by atoms with van der Waals surface area (Å²) in [6.45, 7) is 0.659. The highest BCUT2D eigenvalue weighted by molar-refractivity contribution is 5.46. The number of hydrogen-bond acceptors (Lipinski definition) is 6. The molecule has 0 atom stereocenters. The minimum absolute atomic E-state index is 0.155. The van der Waals surface area contributed by atoms with E-state index in [1.165, 1.54) is 0 Å². The summed E-state index contributed by atoms with van der Waals surface area (Å²) in [6, 6.07) is 5.57. The molecule has 7 heteroatoms. The molecule has 20 heavy (non-hydrogen) atoms. The van der Waals surface area contributed by atoms with Gasteiger partial charge in [-0.25, -0.2) is 9.37 Å². The van der Waals surface area contributed by atoms with E-state index in [-0.39, 0.29) is 12.6 Å². The van der Waals surface area contributed by atoms with Gasteiger partial charge < -0.3 is 20.1 Å². The van der Waals surface area contributed by atoms with Gasteiger partial charge in [-0.3, -0.25) is 0 Å². The van der Waals surface area contributed by atoms with Crippen LogP contribution in [0, 0.1) is 5.82 Å². The fourth-order valence-electron chi connectivity index (χ4n) is 1.85. The van der Waals surface area contributed by atoms with E-state index < -0.39 is 5.82 Å². The molecule has 1 aromatic carbocycles. The van der Waals surface area contributed by atoms with Crippen molar-refractivity contribution < 1.29 is 13.9 Å². The average Bonchev–Trinajstić information content (AvgIpc) is 2.94. The Morgan fingerprint density at radius 2 is 2.15 bits per heavy atom. The Kier molecular flexibility index (Phi) is 3.24. The molecule has 0 aliphatic carbocycles. The molecule has 3 rings (SSSR count). The quantitative estimate of drug-likeness (QED) is 0.890. The normalized spacial score (nSPS) is 12.3. The molecule has 1 aliphatic heterocycles. The van der Waals surface area contributed by atoms with Gasteiger partial charge in [-0.1, -0.05) is 6.07 Å². The second-order valence-electron chi connectivity index (χ2n) is 4.18. The molecule has 1 aromatic heterocycles. The van der Waals surface area contributed by atoms with E-state index in [1.54, 1.807) is 7.05 Å². The summed E-state index contributed by atoms with van der Waals surface area (Å²) in [5, 5.41) is 5.69. The highest BCUT2D eigenvalue weighted by Crippen LogP contribution is 2.32. The molecule has 2 N–H and O–H groups in total. The van der Waals surface area contributed by atoms with Crippen LogP contribution in [0.1, 0.15) is 5.56 Å². The van der Waals surface area contributed by atoms with Crippen LogP contribution in [0.15, 0.2) is 24.4 Å². The standard InChI is InChI=1S/C13H13FN4O2/c1-15-13-17-6-9(14)12(18-13)16-5-8-2-3-10-11(4-8)20-7-19-10/h2-4,6H,5,7H2,1H3,(H2,15,16,17,18). The van der Waals surface area contributed by atoms with Crippen molar-refractivity contribution in [3.05, 3.63) is 35.8 Å². The Hall–Kier alpha value is -2.57. The Morgan fingerprint density at radius 1 is 1.30 bits per heavy atom. The maximum atomic E-state index is 13.6. The monoisotopic (exact) mass is 276 g/mol. The van der Waals surface area contributed by atoms with Gasteiger partial charge in [-0.05, 0) is 17.7 Å². The van der Waals surface area contributed by atoms with Crippen LogP contribution < -0.4 is 20.1 Å². The molecule has 2 aromatic rings. The minimum Gasteiger partial charge on any atom is -0.454 e. The molecule has 0 fully saturated rings. The van der Waals surface area contributed by atoms with Gasteiger partial charge in [-0.2, -0.15) is 4.98 Å². The Bertz CT molecular complexity index is 636. The van der Waals surface area contributed by atoms with Crippen LogP contribution in [0.4, 0.5) is 16.2 Å². The number of nitrogens with one attached hydrogen (secondary N) is 2. The summed E-state index contributed by atoms with van der Waals surface area (Å²) < 4.78 is 24.1. The lowest BCUT2D eigenvalue weighted by atomic mass is 10.2. The van der Waals surface area contributed by atoms with Crippen LogP contribution in [0.2, 0.25) is 0 Å². The largest absolute Gasteiger partial charge is 0.454 e. The lowest BCUT2D eigenvalue weighted by Crippen LogP contribution is -2.06. The van der Waals surface area contributed by atoms with Gasteiger partial charge in [0.15, 0.2) is 23.1 Å². The maximum absolute atomic E-state index is 13.6. The SMILES string of the molecule is CNc1ncc(F)c(NCc2ccc3c(c2)OCO3)n1. The molecular weight excluding hydrogens is 263 g/mol. The van der Waals surface area contributed by atoms with Crippen molar-refractivity contribution in [3.63, 3.8) is 0 Å². The molecule has 104 valence electrons. The first-order chi connectivity index (χ1) is 9.76. The molecule has 0 radical (unpaired) electrons. The lowest BCUT2D eigenvalue weighted by molar-refractivity contribution is 0.174. The maximum Gasteiger partial charge on any atom is 0.231 e. The summed E-state index contributed by atoms with van der Waals surface area (Å²) in [4.78, 5) is 7.80. The van der Waals surface area contributed by atoms with Gasteiger partial charge in [0, 0.05) is 13.6 Å². The molecule has 0 saturated heterocycles. The summed E-state index contributed by atoms with van der Waals surface area (Å²) >= 11 is 0. The molecular formula is C13H13FN4O2. The first kappa shape index (κ1) is 12.5. The van der Waals surface area contributed by atoms with Gasteiger partial charge in [0.05, 0.1) is 6.20 Å². The van der Waals surface area contributed by atoms with Crippen LogP contribution in [-0.4, -0.2) is 23.8 Å². The van der Waals surface area contributed by atoms with Crippen LogP contribution in [-0.2, 0) is 6.54 Å². The van der Waals surface area contributed by atoms with Crippen LogP contribution >= 0.6 is 0 Å². The third kappa shape index (κ3) is 2.42. The van der Waals surface area contributed by atoms with Crippen LogP contribution in [0.3, 0.4) is 0 Å². The number of nitrogens with zero attached hydrogens (tertiary/aromatic N) is 2. The van der Waals surface area contributed by atoms with E-state index in [9.17, 15) is 4.39 Å². The number of aromatic nitrogens is 2. The van der Waals surface area contributed by atoms with Crippen molar-refractivity contribution >= 4 is 11.8 Å². The second kappa shape index (κ2) is 5.20. The predicted molar refractivity (Wildman–Crippen MR) is 71.4 cm³/mol. The van der Waals surface area contributed by atoms with Gasteiger partial charge >= 0.3 is 0 Å². The van der Waals surface area contributed by atoms with Crippen molar-refractivity contribution in [2.75, 3.05) is 24.5 Å². The van der Waals surface area contributed by atoms with E-state index in [1.807, 2.05) is 18.2 Å². The van der Waals surface area contributed by atoms with Crippen molar-refractivity contribution in [1.82, 2.24) is 9.97 Å². The number of rotatable bonds is 4. The van der Waals surface area contributed by atoms with Crippen LogP contribution in [0.25, 0.3) is 0 Å². The average molecular weight is 276 g/mol. The zero-order chi connectivity index (χ0) is 13.9. The third-order valence-corrected chi connectivity index (χ3v) is 2.86. The highest BCUT2D eigenvalue weighted by Gasteiger charge is 2.13. The molecule has 0 bridgehead atoms. The summed E-state index contributed by atoms with van der Waals surface area (Å²) in [5.41, 5.74) is 0.943. The lowest BCUT2D eigenvalue weighted by Gasteiger charge is -2.08. The first-order valence-electron chi connectivity index (χ1n) is 6.09. The smallest absolute Gasteiger partial charge is 0.231 e. The fraction of sp³-hybridized carbons (Fsp3) is 0.231. The summed E-state index contributed by atoms with van der Waals surface area (Å²) in [6.07, 6.45) is 1.13. The molecule has 0 amide bonds. The Labute approximate surface area is 115 Å². The third-order valence-electron chi connectivity index (χ3n) is 2.86. The van der Waals surface area contributed by atoms with E-state index in [0.29, 0.717) is 18.2 Å². The fourth-order valence-corrected chi connectivity index (χ4v) is 1.85. The van der Waals surface area contributed by atoms with Crippen molar-refractivity contribution in [1.29, 1.82) is 0 Å². The topological polar surface area (TPSA) is 68.3 Å². The van der Waals surface area contributed by atoms with Crippen molar-refractivity contribution in [3.8, 4) is 11.5 Å². The molecule has 6 nitrogen and oxygen atoms in total. The number of halogens is 1. The summed E-state index contributed by atoms with van der Waals surface area (Å²) in [5.74, 6) is 1.44. The number of anilines is 2. The van der Waals surface area contributed by atoms with E-state index in [0.717, 1.165) is 17.5 Å². The number of ether oxygens (including phenoxy) is 2. The molecule has 2 heterocycles. The van der Waals surface area contributed by atoms with E-state index in [4.69, 9.17) is 9.47 Å². The molecule has 0 saturated carbocycles. The molecule has 0 unspecified atom stereocenters. The van der Waals surface area contributed by atoms with Crippen molar-refractivity contribution in [2.45, 2.75) is 6.54 Å². The zero-order valence-corrected chi connectivity index (χ0v) is 10.8. The second-order valence-corrected chi connectivity index (χ2v) is 4.18. The van der Waals surface area contributed by atoms with Gasteiger partial charge in [-0.15, -0.1) is 0 Å². The van der Waals surface area contributed by atoms with Crippen molar-refractivity contribution in [2.24, 2.45) is 0 Å². The summed E-state index contributed by atoms with van der Waals surface area (Å²) in [7, 11) is 1.68. The van der Waals surface area contributed by atoms with E-state index in [2.05, 4.69) is 20.6 Å². The van der Waals surface area contributed by atoms with Crippen LogP contribution in [0.5, 0.6) is 11.5 Å². The zero-order valence-electron chi connectivity index (χ0n) is 10.8. The predicted octanol–water partition coefficient (Wildman–Crippen LogP) is 2.00. The first-order valence-corrected chi connectivity index (χ1v) is 6.09.